The van der Waals surface area contributed by atoms with E-state index in [2.05, 4.69) is 35.1 Å². The van der Waals surface area contributed by atoms with Gasteiger partial charge >= 0.3 is 0 Å². The number of rotatable bonds is 4. The minimum atomic E-state index is 0.257. The number of hydrogen-bond acceptors (Lipinski definition) is 2. The van der Waals surface area contributed by atoms with E-state index < -0.39 is 0 Å². The third-order valence-electron chi connectivity index (χ3n) is 5.00. The third kappa shape index (κ3) is 2.59. The van der Waals surface area contributed by atoms with Crippen molar-refractivity contribution in [1.29, 1.82) is 0 Å². The topological polar surface area (TPSA) is 26.2 Å². The molecular formula is C16H26N2O. The average Bonchev–Trinajstić information content (AvgIpc) is 3.13. The molecule has 2 heterocycles. The minimum absolute atomic E-state index is 0.257. The first-order valence-electron chi connectivity index (χ1n) is 7.73. The monoisotopic (exact) mass is 262 g/mol. The van der Waals surface area contributed by atoms with Crippen LogP contribution in [0.15, 0.2) is 18.3 Å². The normalized spacial score (nSPS) is 27.2. The molecule has 1 aromatic rings. The SMILES string of the molecule is CNC(C)c1cccn1CC1CCC2(CCCC2)O1. The zero-order valence-electron chi connectivity index (χ0n) is 12.2. The summed E-state index contributed by atoms with van der Waals surface area (Å²) in [4.78, 5) is 0. The molecule has 2 aliphatic rings. The van der Waals surface area contributed by atoms with Gasteiger partial charge in [0.15, 0.2) is 0 Å². The Balaban J connectivity index is 1.65. The van der Waals surface area contributed by atoms with E-state index >= 15 is 0 Å². The molecule has 0 radical (unpaired) electrons. The summed E-state index contributed by atoms with van der Waals surface area (Å²) < 4.78 is 8.77. The highest BCUT2D eigenvalue weighted by Crippen LogP contribution is 2.43. The summed E-state index contributed by atoms with van der Waals surface area (Å²) in [5.41, 5.74) is 1.62. The number of nitrogens with one attached hydrogen (secondary N) is 1. The number of ether oxygens (including phenoxy) is 1. The molecule has 1 saturated heterocycles. The number of nitrogens with zero attached hydrogens (tertiary/aromatic N) is 1. The Hall–Kier alpha value is -0.800. The molecule has 19 heavy (non-hydrogen) atoms. The molecular weight excluding hydrogens is 236 g/mol. The molecule has 3 rings (SSSR count). The van der Waals surface area contributed by atoms with Crippen molar-refractivity contribution in [3.05, 3.63) is 24.0 Å². The van der Waals surface area contributed by atoms with Gasteiger partial charge in [-0.3, -0.25) is 0 Å². The Labute approximate surface area is 116 Å². The second-order valence-electron chi connectivity index (χ2n) is 6.26. The molecule has 1 saturated carbocycles. The van der Waals surface area contributed by atoms with Crippen LogP contribution in [0.1, 0.15) is 57.2 Å². The molecule has 1 aromatic heterocycles. The maximum absolute atomic E-state index is 6.41. The summed E-state index contributed by atoms with van der Waals surface area (Å²) in [6.45, 7) is 3.22. The first-order chi connectivity index (χ1) is 9.22. The van der Waals surface area contributed by atoms with Gasteiger partial charge in [0.25, 0.3) is 0 Å². The zero-order valence-corrected chi connectivity index (χ0v) is 12.2. The number of aromatic nitrogens is 1. The van der Waals surface area contributed by atoms with E-state index in [1.165, 1.54) is 44.2 Å². The molecule has 3 heteroatoms. The van der Waals surface area contributed by atoms with Crippen LogP contribution in [0.3, 0.4) is 0 Å². The van der Waals surface area contributed by atoms with Crippen molar-refractivity contribution < 1.29 is 4.74 Å². The highest BCUT2D eigenvalue weighted by Gasteiger charge is 2.42. The van der Waals surface area contributed by atoms with Gasteiger partial charge in [0.05, 0.1) is 11.7 Å². The zero-order chi connectivity index (χ0) is 13.3. The fraction of sp³-hybridized carbons (Fsp3) is 0.750. The van der Waals surface area contributed by atoms with Crippen LogP contribution in [0.5, 0.6) is 0 Å². The third-order valence-corrected chi connectivity index (χ3v) is 5.00. The molecule has 0 amide bonds. The van der Waals surface area contributed by atoms with Gasteiger partial charge in [0.1, 0.15) is 0 Å². The lowest BCUT2D eigenvalue weighted by atomic mass is 9.98. The van der Waals surface area contributed by atoms with Crippen molar-refractivity contribution >= 4 is 0 Å². The van der Waals surface area contributed by atoms with E-state index in [4.69, 9.17) is 4.74 Å². The van der Waals surface area contributed by atoms with Crippen molar-refractivity contribution in [3.8, 4) is 0 Å². The maximum Gasteiger partial charge on any atom is 0.0762 e. The van der Waals surface area contributed by atoms with Crippen LogP contribution in [0.2, 0.25) is 0 Å². The molecule has 1 spiro atoms. The highest BCUT2D eigenvalue weighted by atomic mass is 16.5. The summed E-state index contributed by atoms with van der Waals surface area (Å²) in [5, 5.41) is 3.32. The number of hydrogen-bond donors (Lipinski definition) is 1. The highest BCUT2D eigenvalue weighted by molar-refractivity contribution is 5.11. The minimum Gasteiger partial charge on any atom is -0.370 e. The van der Waals surface area contributed by atoms with Crippen molar-refractivity contribution in [2.45, 2.75) is 69.7 Å². The Morgan fingerprint density at radius 2 is 2.21 bits per heavy atom. The van der Waals surface area contributed by atoms with E-state index in [-0.39, 0.29) is 5.60 Å². The van der Waals surface area contributed by atoms with Crippen molar-refractivity contribution in [2.24, 2.45) is 0 Å². The fourth-order valence-corrected chi connectivity index (χ4v) is 3.77. The summed E-state index contributed by atoms with van der Waals surface area (Å²) in [7, 11) is 2.02. The molecule has 1 aliphatic heterocycles. The van der Waals surface area contributed by atoms with Gasteiger partial charge in [0.2, 0.25) is 0 Å². The van der Waals surface area contributed by atoms with E-state index in [1.54, 1.807) is 0 Å². The molecule has 2 atom stereocenters. The van der Waals surface area contributed by atoms with Gasteiger partial charge in [-0.1, -0.05) is 12.8 Å². The van der Waals surface area contributed by atoms with Gasteiger partial charge in [-0.15, -0.1) is 0 Å². The predicted octanol–water partition coefficient (Wildman–Crippen LogP) is 3.26. The first-order valence-corrected chi connectivity index (χ1v) is 7.73. The van der Waals surface area contributed by atoms with Crippen LogP contribution < -0.4 is 5.32 Å². The molecule has 0 bridgehead atoms. The summed E-state index contributed by atoms with van der Waals surface area (Å²) in [5.74, 6) is 0. The molecule has 1 N–H and O–H groups in total. The van der Waals surface area contributed by atoms with E-state index in [1.807, 2.05) is 7.05 Å². The van der Waals surface area contributed by atoms with E-state index in [9.17, 15) is 0 Å². The Morgan fingerprint density at radius 1 is 1.42 bits per heavy atom. The lowest BCUT2D eigenvalue weighted by molar-refractivity contribution is -0.0420. The van der Waals surface area contributed by atoms with Crippen LogP contribution in [-0.2, 0) is 11.3 Å². The van der Waals surface area contributed by atoms with Crippen molar-refractivity contribution in [3.63, 3.8) is 0 Å². The lowest BCUT2D eigenvalue weighted by Gasteiger charge is -2.24. The first kappa shape index (κ1) is 13.2. The van der Waals surface area contributed by atoms with Gasteiger partial charge < -0.3 is 14.6 Å². The molecule has 106 valence electrons. The van der Waals surface area contributed by atoms with Gasteiger partial charge in [-0.2, -0.15) is 0 Å². The van der Waals surface area contributed by atoms with Gasteiger partial charge in [-0.25, -0.2) is 0 Å². The predicted molar refractivity (Wildman–Crippen MR) is 77.2 cm³/mol. The van der Waals surface area contributed by atoms with Crippen molar-refractivity contribution in [2.75, 3.05) is 7.05 Å². The van der Waals surface area contributed by atoms with E-state index in [0.717, 1.165) is 6.54 Å². The van der Waals surface area contributed by atoms with Gasteiger partial charge in [0, 0.05) is 24.5 Å². The van der Waals surface area contributed by atoms with Gasteiger partial charge in [-0.05, 0) is 51.8 Å². The lowest BCUT2D eigenvalue weighted by Crippen LogP contribution is -2.27. The van der Waals surface area contributed by atoms with E-state index in [0.29, 0.717) is 12.1 Å². The standard InChI is InChI=1S/C16H26N2O/c1-13(17-2)15-6-5-11-18(15)12-14-7-10-16(19-14)8-3-4-9-16/h5-6,11,13-14,17H,3-4,7-10,12H2,1-2H3. The smallest absolute Gasteiger partial charge is 0.0762 e. The van der Waals surface area contributed by atoms with Crippen LogP contribution in [0, 0.1) is 0 Å². The van der Waals surface area contributed by atoms with Crippen LogP contribution in [0.4, 0.5) is 0 Å². The molecule has 1 aliphatic carbocycles. The average molecular weight is 262 g/mol. The molecule has 0 aromatic carbocycles. The Bertz CT molecular complexity index is 420. The summed E-state index contributed by atoms with van der Waals surface area (Å²) in [6, 6.07) is 4.75. The largest absolute Gasteiger partial charge is 0.370 e. The van der Waals surface area contributed by atoms with Crippen LogP contribution in [-0.4, -0.2) is 23.3 Å². The summed E-state index contributed by atoms with van der Waals surface area (Å²) >= 11 is 0. The molecule has 2 fully saturated rings. The summed E-state index contributed by atoms with van der Waals surface area (Å²) in [6.07, 6.45) is 10.4. The maximum atomic E-state index is 6.41. The Kier molecular flexibility index (Phi) is 3.68. The molecule has 2 unspecified atom stereocenters. The quantitative estimate of drug-likeness (QED) is 0.901. The molecule has 3 nitrogen and oxygen atoms in total. The van der Waals surface area contributed by atoms with Crippen LogP contribution in [0.25, 0.3) is 0 Å². The second-order valence-corrected chi connectivity index (χ2v) is 6.26. The van der Waals surface area contributed by atoms with Crippen LogP contribution >= 0.6 is 0 Å². The second kappa shape index (κ2) is 5.29. The Morgan fingerprint density at radius 3 is 2.95 bits per heavy atom. The fourth-order valence-electron chi connectivity index (χ4n) is 3.77. The van der Waals surface area contributed by atoms with Crippen molar-refractivity contribution in [1.82, 2.24) is 9.88 Å².